The number of fused-ring (bicyclic) bond motifs is 1. The first-order valence-corrected chi connectivity index (χ1v) is 9.97. The Bertz CT molecular complexity index is 1270. The molecule has 146 valence electrons. The minimum Gasteiger partial charge on any atom is -0.485 e. The van der Waals surface area contributed by atoms with E-state index in [2.05, 4.69) is 10.3 Å². The van der Waals surface area contributed by atoms with Gasteiger partial charge in [0.15, 0.2) is 4.96 Å². The zero-order chi connectivity index (χ0) is 20.4. The molecule has 2 aromatic carbocycles. The second-order valence-electron chi connectivity index (χ2n) is 6.30. The summed E-state index contributed by atoms with van der Waals surface area (Å²) in [7, 11) is 0. The number of carbonyl (C=O) groups excluding carboxylic acids is 1. The summed E-state index contributed by atoms with van der Waals surface area (Å²) in [5.41, 5.74) is 1.24. The Morgan fingerprint density at radius 1 is 1.21 bits per heavy atom. The number of nitrogens with one attached hydrogen (secondary N) is 1. The van der Waals surface area contributed by atoms with Crippen molar-refractivity contribution < 1.29 is 9.53 Å². The molecule has 0 atom stereocenters. The van der Waals surface area contributed by atoms with Gasteiger partial charge in [-0.1, -0.05) is 35.9 Å². The number of hydrogen-bond acceptors (Lipinski definition) is 5. The summed E-state index contributed by atoms with van der Waals surface area (Å²) in [4.78, 5) is 30.9. The number of benzene rings is 2. The van der Waals surface area contributed by atoms with E-state index < -0.39 is 0 Å². The van der Waals surface area contributed by atoms with Gasteiger partial charge in [0.25, 0.3) is 11.5 Å². The summed E-state index contributed by atoms with van der Waals surface area (Å²) in [6, 6.07) is 15.3. The smallest absolute Gasteiger partial charge is 0.258 e. The molecule has 0 bridgehead atoms. The second-order valence-corrected chi connectivity index (χ2v) is 7.92. The van der Waals surface area contributed by atoms with Gasteiger partial charge in [0, 0.05) is 17.1 Å². The van der Waals surface area contributed by atoms with Gasteiger partial charge in [0.05, 0.1) is 22.0 Å². The van der Waals surface area contributed by atoms with E-state index in [1.54, 1.807) is 54.7 Å². The molecular formula is C21H16ClN3O3S. The van der Waals surface area contributed by atoms with Gasteiger partial charge in [0.1, 0.15) is 12.4 Å². The molecule has 29 heavy (non-hydrogen) atoms. The Balaban J connectivity index is 1.54. The lowest BCUT2D eigenvalue weighted by atomic mass is 10.2. The monoisotopic (exact) mass is 425 g/mol. The van der Waals surface area contributed by atoms with Crippen LogP contribution in [0, 0.1) is 6.92 Å². The Labute approximate surface area is 175 Å². The predicted octanol–water partition coefficient (Wildman–Crippen LogP) is 4.55. The molecule has 2 aromatic heterocycles. The number of aromatic nitrogens is 2. The van der Waals surface area contributed by atoms with E-state index in [-0.39, 0.29) is 18.1 Å². The van der Waals surface area contributed by atoms with Crippen LogP contribution < -0.4 is 15.6 Å². The number of ether oxygens (including phenoxy) is 1. The third-order valence-corrected chi connectivity index (χ3v) is 5.39. The van der Waals surface area contributed by atoms with Crippen LogP contribution in [0.1, 0.15) is 20.9 Å². The molecule has 4 aromatic rings. The van der Waals surface area contributed by atoms with Gasteiger partial charge in [-0.3, -0.25) is 14.0 Å². The van der Waals surface area contributed by atoms with Crippen LogP contribution in [-0.2, 0) is 6.61 Å². The molecule has 0 aliphatic carbocycles. The maximum Gasteiger partial charge on any atom is 0.258 e. The van der Waals surface area contributed by atoms with E-state index in [9.17, 15) is 9.59 Å². The van der Waals surface area contributed by atoms with Crippen molar-refractivity contribution >= 4 is 39.5 Å². The Morgan fingerprint density at radius 3 is 2.79 bits per heavy atom. The molecule has 0 unspecified atom stereocenters. The van der Waals surface area contributed by atoms with E-state index in [0.29, 0.717) is 32.7 Å². The Morgan fingerprint density at radius 2 is 1.97 bits per heavy atom. The van der Waals surface area contributed by atoms with Crippen molar-refractivity contribution in [2.45, 2.75) is 13.5 Å². The number of rotatable bonds is 5. The summed E-state index contributed by atoms with van der Waals surface area (Å²) in [6.07, 6.45) is 1.76. The molecular weight excluding hydrogens is 410 g/mol. The predicted molar refractivity (Wildman–Crippen MR) is 114 cm³/mol. The molecule has 8 heteroatoms. The van der Waals surface area contributed by atoms with E-state index >= 15 is 0 Å². The highest BCUT2D eigenvalue weighted by molar-refractivity contribution is 7.16. The minimum absolute atomic E-state index is 0.0989. The lowest BCUT2D eigenvalue weighted by Gasteiger charge is -2.12. The second kappa shape index (κ2) is 8.06. The molecule has 6 nitrogen and oxygen atoms in total. The van der Waals surface area contributed by atoms with Crippen molar-refractivity contribution in [1.82, 2.24) is 9.38 Å². The zero-order valence-corrected chi connectivity index (χ0v) is 17.0. The fraction of sp³-hybridized carbons (Fsp3) is 0.0952. The van der Waals surface area contributed by atoms with Gasteiger partial charge in [0.2, 0.25) is 0 Å². The number of aryl methyl sites for hydroxylation is 1. The standard InChI is InChI=1S/C21H16ClN3O3S/c1-13-11-25-19(26)10-14(23-21(25)29-13)12-28-18-9-5-4-8-17(18)24-20(27)15-6-2-3-7-16(15)22/h2-11H,12H2,1H3,(H,24,27). The van der Waals surface area contributed by atoms with Crippen LogP contribution in [0.4, 0.5) is 5.69 Å². The maximum atomic E-state index is 12.5. The number of anilines is 1. The van der Waals surface area contributed by atoms with Crippen molar-refractivity contribution in [2.75, 3.05) is 5.32 Å². The molecule has 0 aliphatic heterocycles. The third kappa shape index (κ3) is 4.16. The molecule has 1 N–H and O–H groups in total. The van der Waals surface area contributed by atoms with Gasteiger partial charge in [-0.15, -0.1) is 11.3 Å². The number of para-hydroxylation sites is 2. The van der Waals surface area contributed by atoms with Crippen molar-refractivity contribution in [3.05, 3.63) is 92.3 Å². The van der Waals surface area contributed by atoms with Crippen molar-refractivity contribution in [3.8, 4) is 5.75 Å². The highest BCUT2D eigenvalue weighted by atomic mass is 35.5. The maximum absolute atomic E-state index is 12.5. The molecule has 0 aliphatic rings. The lowest BCUT2D eigenvalue weighted by Crippen LogP contribution is -2.15. The SMILES string of the molecule is Cc1cn2c(=O)cc(COc3ccccc3NC(=O)c3ccccc3Cl)nc2s1. The number of hydrogen-bond donors (Lipinski definition) is 1. The van der Waals surface area contributed by atoms with Gasteiger partial charge in [-0.05, 0) is 31.2 Å². The lowest BCUT2D eigenvalue weighted by molar-refractivity contribution is 0.102. The average molecular weight is 426 g/mol. The zero-order valence-electron chi connectivity index (χ0n) is 15.4. The van der Waals surface area contributed by atoms with E-state index in [1.165, 1.54) is 21.8 Å². The first-order chi connectivity index (χ1) is 14.0. The van der Waals surface area contributed by atoms with Gasteiger partial charge in [-0.25, -0.2) is 4.98 Å². The molecule has 0 spiro atoms. The first kappa shape index (κ1) is 19.2. The van der Waals surface area contributed by atoms with E-state index in [4.69, 9.17) is 16.3 Å². The average Bonchev–Trinajstić information content (AvgIpc) is 3.08. The largest absolute Gasteiger partial charge is 0.485 e. The summed E-state index contributed by atoms with van der Waals surface area (Å²) < 4.78 is 7.36. The molecule has 4 rings (SSSR count). The van der Waals surface area contributed by atoms with Crippen LogP contribution in [0.2, 0.25) is 5.02 Å². The summed E-state index contributed by atoms with van der Waals surface area (Å²) >= 11 is 7.54. The topological polar surface area (TPSA) is 72.7 Å². The van der Waals surface area contributed by atoms with Crippen molar-refractivity contribution in [2.24, 2.45) is 0 Å². The third-order valence-electron chi connectivity index (χ3n) is 4.17. The van der Waals surface area contributed by atoms with Crippen molar-refractivity contribution in [1.29, 1.82) is 0 Å². The quantitative estimate of drug-likeness (QED) is 0.509. The molecule has 0 saturated carbocycles. The highest BCUT2D eigenvalue weighted by Crippen LogP contribution is 2.26. The first-order valence-electron chi connectivity index (χ1n) is 8.78. The van der Waals surface area contributed by atoms with E-state index in [1.807, 2.05) is 6.92 Å². The summed E-state index contributed by atoms with van der Waals surface area (Å²) in [5.74, 6) is 0.135. The van der Waals surface area contributed by atoms with Crippen LogP contribution in [0.25, 0.3) is 4.96 Å². The van der Waals surface area contributed by atoms with Crippen LogP contribution in [0.15, 0.2) is 65.6 Å². The molecule has 2 heterocycles. The number of carbonyl (C=O) groups is 1. The van der Waals surface area contributed by atoms with E-state index in [0.717, 1.165) is 4.88 Å². The molecule has 0 radical (unpaired) electrons. The van der Waals surface area contributed by atoms with Gasteiger partial charge in [-0.2, -0.15) is 0 Å². The molecule has 1 amide bonds. The van der Waals surface area contributed by atoms with Crippen LogP contribution in [0.5, 0.6) is 5.75 Å². The van der Waals surface area contributed by atoms with Gasteiger partial charge >= 0.3 is 0 Å². The van der Waals surface area contributed by atoms with Crippen LogP contribution in [0.3, 0.4) is 0 Å². The Kier molecular flexibility index (Phi) is 5.33. The fourth-order valence-corrected chi connectivity index (χ4v) is 3.89. The number of nitrogens with zero attached hydrogens (tertiary/aromatic N) is 2. The number of halogens is 1. The molecule has 0 saturated heterocycles. The number of thiazole rings is 1. The molecule has 0 fully saturated rings. The summed E-state index contributed by atoms with van der Waals surface area (Å²) in [6.45, 7) is 2.02. The Hall–Kier alpha value is -3.16. The van der Waals surface area contributed by atoms with Gasteiger partial charge < -0.3 is 10.1 Å². The minimum atomic E-state index is -0.335. The van der Waals surface area contributed by atoms with Crippen LogP contribution in [-0.4, -0.2) is 15.3 Å². The summed E-state index contributed by atoms with van der Waals surface area (Å²) in [5, 5.41) is 3.18. The number of amides is 1. The highest BCUT2D eigenvalue weighted by Gasteiger charge is 2.13. The normalized spacial score (nSPS) is 10.8. The van der Waals surface area contributed by atoms with Crippen LogP contribution >= 0.6 is 22.9 Å². The van der Waals surface area contributed by atoms with Crippen molar-refractivity contribution in [3.63, 3.8) is 0 Å². The fourth-order valence-electron chi connectivity index (χ4n) is 2.81.